The summed E-state index contributed by atoms with van der Waals surface area (Å²) in [5, 5.41) is 11.9. The van der Waals surface area contributed by atoms with Crippen molar-refractivity contribution in [2.24, 2.45) is 5.41 Å². The predicted molar refractivity (Wildman–Crippen MR) is 58.9 cm³/mol. The number of carboxylic acid groups (broad SMARTS) is 1. The van der Waals surface area contributed by atoms with Gasteiger partial charge in [-0.05, 0) is 31.1 Å². The van der Waals surface area contributed by atoms with Crippen LogP contribution in [0.3, 0.4) is 0 Å². The molecule has 16 heavy (non-hydrogen) atoms. The normalized spacial score (nSPS) is 25.8. The van der Waals surface area contributed by atoms with E-state index in [1.807, 2.05) is 0 Å². The Bertz CT molecular complexity index is 310. The van der Waals surface area contributed by atoms with Crippen molar-refractivity contribution in [3.63, 3.8) is 0 Å². The lowest BCUT2D eigenvalue weighted by atomic mass is 9.52. The number of rotatable bonds is 2. The van der Waals surface area contributed by atoms with Gasteiger partial charge in [-0.25, -0.2) is 4.79 Å². The zero-order valence-corrected chi connectivity index (χ0v) is 9.71. The summed E-state index contributed by atoms with van der Waals surface area (Å²) in [6, 6.07) is 0. The first-order chi connectivity index (χ1) is 7.48. The molecule has 0 atom stereocenters. The Labute approximate surface area is 95.4 Å². The molecule has 0 aromatic carbocycles. The minimum absolute atomic E-state index is 0.207. The fourth-order valence-corrected chi connectivity index (χ4v) is 3.51. The van der Waals surface area contributed by atoms with Gasteiger partial charge in [-0.3, -0.25) is 4.79 Å². The van der Waals surface area contributed by atoms with Gasteiger partial charge in [0.25, 0.3) is 0 Å². The van der Waals surface area contributed by atoms with Gasteiger partial charge in [0.05, 0.1) is 0 Å². The van der Waals surface area contributed by atoms with Gasteiger partial charge >= 0.3 is 5.97 Å². The van der Waals surface area contributed by atoms with Gasteiger partial charge in [0, 0.05) is 6.92 Å². The van der Waals surface area contributed by atoms with Crippen LogP contribution in [0.4, 0.5) is 0 Å². The van der Waals surface area contributed by atoms with Gasteiger partial charge in [0.1, 0.15) is 5.54 Å². The molecule has 1 amide bonds. The number of nitrogens with one attached hydrogen (secondary N) is 1. The van der Waals surface area contributed by atoms with E-state index in [9.17, 15) is 14.7 Å². The Balaban J connectivity index is 2.05. The lowest BCUT2D eigenvalue weighted by molar-refractivity contribution is -0.161. The maximum absolute atomic E-state index is 11.3. The molecule has 0 aromatic heterocycles. The third kappa shape index (κ3) is 1.81. The van der Waals surface area contributed by atoms with Crippen molar-refractivity contribution in [2.75, 3.05) is 0 Å². The second-order valence-corrected chi connectivity index (χ2v) is 5.48. The first-order valence-electron chi connectivity index (χ1n) is 6.00. The number of hydrogen-bond acceptors (Lipinski definition) is 2. The molecule has 4 heteroatoms. The van der Waals surface area contributed by atoms with E-state index in [0.29, 0.717) is 12.8 Å². The SMILES string of the molecule is CC(=O)NC1(C(=O)O)CC2(CCCCC2)C1. The molecule has 0 unspecified atom stereocenters. The predicted octanol–water partition coefficient (Wildman–Crippen LogP) is 1.69. The zero-order valence-electron chi connectivity index (χ0n) is 9.71. The number of carbonyl (C=O) groups is 2. The highest BCUT2D eigenvalue weighted by Gasteiger charge is 2.59. The molecule has 2 N–H and O–H groups in total. The summed E-state index contributed by atoms with van der Waals surface area (Å²) in [5.41, 5.74) is -0.762. The molecule has 0 aromatic rings. The smallest absolute Gasteiger partial charge is 0.329 e. The molecule has 0 saturated heterocycles. The number of carbonyl (C=O) groups excluding carboxylic acids is 1. The fraction of sp³-hybridized carbons (Fsp3) is 0.833. The second kappa shape index (κ2) is 3.75. The fourth-order valence-electron chi connectivity index (χ4n) is 3.51. The average Bonchev–Trinajstić information content (AvgIpc) is 2.15. The van der Waals surface area contributed by atoms with E-state index in [1.54, 1.807) is 0 Å². The Kier molecular flexibility index (Phi) is 2.68. The third-order valence-corrected chi connectivity index (χ3v) is 4.09. The van der Waals surface area contributed by atoms with Crippen LogP contribution in [-0.2, 0) is 9.59 Å². The maximum Gasteiger partial charge on any atom is 0.329 e. The van der Waals surface area contributed by atoms with Crippen LogP contribution in [-0.4, -0.2) is 22.5 Å². The summed E-state index contributed by atoms with van der Waals surface area (Å²) in [6.45, 7) is 1.39. The Hall–Kier alpha value is -1.06. The van der Waals surface area contributed by atoms with Gasteiger partial charge in [-0.1, -0.05) is 19.3 Å². The monoisotopic (exact) mass is 225 g/mol. The largest absolute Gasteiger partial charge is 0.480 e. The second-order valence-electron chi connectivity index (χ2n) is 5.48. The molecule has 2 saturated carbocycles. The van der Waals surface area contributed by atoms with Crippen molar-refractivity contribution in [1.29, 1.82) is 0 Å². The molecule has 0 heterocycles. The first kappa shape index (κ1) is 11.4. The van der Waals surface area contributed by atoms with E-state index >= 15 is 0 Å². The maximum atomic E-state index is 11.3. The highest BCUT2D eigenvalue weighted by molar-refractivity contribution is 5.87. The molecule has 2 rings (SSSR count). The van der Waals surface area contributed by atoms with Crippen LogP contribution in [0.15, 0.2) is 0 Å². The summed E-state index contributed by atoms with van der Waals surface area (Å²) in [5.74, 6) is -1.12. The van der Waals surface area contributed by atoms with E-state index in [2.05, 4.69) is 5.32 Å². The minimum atomic E-state index is -0.969. The molecule has 1 spiro atoms. The summed E-state index contributed by atoms with van der Waals surface area (Å²) in [6.07, 6.45) is 7.17. The van der Waals surface area contributed by atoms with Crippen LogP contribution in [0.1, 0.15) is 51.9 Å². The van der Waals surface area contributed by atoms with Gasteiger partial charge in [-0.15, -0.1) is 0 Å². The van der Waals surface area contributed by atoms with Gasteiger partial charge in [0.15, 0.2) is 0 Å². The van der Waals surface area contributed by atoms with Crippen molar-refractivity contribution >= 4 is 11.9 Å². The average molecular weight is 225 g/mol. The third-order valence-electron chi connectivity index (χ3n) is 4.09. The van der Waals surface area contributed by atoms with E-state index in [4.69, 9.17) is 0 Å². The molecule has 4 nitrogen and oxygen atoms in total. The van der Waals surface area contributed by atoms with E-state index < -0.39 is 11.5 Å². The summed E-state index contributed by atoms with van der Waals surface area (Å²) in [4.78, 5) is 22.3. The van der Waals surface area contributed by atoms with Crippen molar-refractivity contribution < 1.29 is 14.7 Å². The first-order valence-corrected chi connectivity index (χ1v) is 6.00. The van der Waals surface area contributed by atoms with Crippen molar-refractivity contribution in [3.8, 4) is 0 Å². The van der Waals surface area contributed by atoms with Crippen LogP contribution >= 0.6 is 0 Å². The molecular weight excluding hydrogens is 206 g/mol. The summed E-state index contributed by atoms with van der Waals surface area (Å²) in [7, 11) is 0. The van der Waals surface area contributed by atoms with Gasteiger partial charge < -0.3 is 10.4 Å². The standard InChI is InChI=1S/C12H19NO3/c1-9(14)13-12(10(15)16)7-11(8-12)5-3-2-4-6-11/h2-8H2,1H3,(H,13,14)(H,15,16). The van der Waals surface area contributed by atoms with Crippen molar-refractivity contribution in [2.45, 2.75) is 57.4 Å². The number of amides is 1. The topological polar surface area (TPSA) is 66.4 Å². The Morgan fingerprint density at radius 2 is 1.69 bits per heavy atom. The van der Waals surface area contributed by atoms with Crippen LogP contribution in [0.5, 0.6) is 0 Å². The van der Waals surface area contributed by atoms with E-state index in [1.165, 1.54) is 26.2 Å². The summed E-state index contributed by atoms with van der Waals surface area (Å²) >= 11 is 0. The van der Waals surface area contributed by atoms with Crippen molar-refractivity contribution in [1.82, 2.24) is 5.32 Å². The molecule has 2 aliphatic carbocycles. The molecular formula is C12H19NO3. The lowest BCUT2D eigenvalue weighted by Crippen LogP contribution is -2.66. The molecule has 0 radical (unpaired) electrons. The number of carboxylic acids is 1. The molecule has 2 aliphatic rings. The number of hydrogen-bond donors (Lipinski definition) is 2. The highest BCUT2D eigenvalue weighted by Crippen LogP contribution is 2.56. The van der Waals surface area contributed by atoms with Gasteiger partial charge in [0.2, 0.25) is 5.91 Å². The quantitative estimate of drug-likeness (QED) is 0.751. The van der Waals surface area contributed by atoms with Crippen LogP contribution < -0.4 is 5.32 Å². The van der Waals surface area contributed by atoms with Crippen LogP contribution in [0.2, 0.25) is 0 Å². The highest BCUT2D eigenvalue weighted by atomic mass is 16.4. The zero-order chi connectivity index (χ0) is 11.8. The molecule has 0 aliphatic heterocycles. The van der Waals surface area contributed by atoms with E-state index in [0.717, 1.165) is 12.8 Å². The van der Waals surface area contributed by atoms with Crippen LogP contribution in [0.25, 0.3) is 0 Å². The molecule has 90 valence electrons. The summed E-state index contributed by atoms with van der Waals surface area (Å²) < 4.78 is 0. The minimum Gasteiger partial charge on any atom is -0.480 e. The lowest BCUT2D eigenvalue weighted by Gasteiger charge is -2.55. The number of aliphatic carboxylic acids is 1. The Morgan fingerprint density at radius 3 is 2.12 bits per heavy atom. The molecule has 2 fully saturated rings. The van der Waals surface area contributed by atoms with Crippen LogP contribution in [0, 0.1) is 5.41 Å². The van der Waals surface area contributed by atoms with E-state index in [-0.39, 0.29) is 11.3 Å². The Morgan fingerprint density at radius 1 is 1.12 bits per heavy atom. The molecule has 0 bridgehead atoms. The van der Waals surface area contributed by atoms with Crippen molar-refractivity contribution in [3.05, 3.63) is 0 Å². The van der Waals surface area contributed by atoms with Gasteiger partial charge in [-0.2, -0.15) is 0 Å².